The van der Waals surface area contributed by atoms with E-state index < -0.39 is 11.1 Å². The predicted octanol–water partition coefficient (Wildman–Crippen LogP) is 1.23. The third-order valence-corrected chi connectivity index (χ3v) is 3.86. The van der Waals surface area contributed by atoms with Crippen molar-refractivity contribution in [3.8, 4) is 0 Å². The molecule has 0 radical (unpaired) electrons. The molecular weight excluding hydrogens is 232 g/mol. The molecule has 0 unspecified atom stereocenters. The lowest BCUT2D eigenvalue weighted by atomic mass is 9.72. The Morgan fingerprint density at radius 1 is 1.22 bits per heavy atom. The number of imide groups is 1. The molecule has 2 heterocycles. The molecule has 0 aliphatic carbocycles. The lowest BCUT2D eigenvalue weighted by molar-refractivity contribution is -0.248. The molecule has 2 rings (SSSR count). The lowest BCUT2D eigenvalue weighted by Crippen LogP contribution is -2.59. The van der Waals surface area contributed by atoms with E-state index in [1.54, 1.807) is 0 Å². The van der Waals surface area contributed by atoms with Crippen LogP contribution in [0.3, 0.4) is 0 Å². The van der Waals surface area contributed by atoms with Gasteiger partial charge in [-0.25, -0.2) is 0 Å². The minimum atomic E-state index is -0.417. The first-order valence-electron chi connectivity index (χ1n) is 6.20. The number of amides is 2. The van der Waals surface area contributed by atoms with Gasteiger partial charge in [-0.3, -0.25) is 14.9 Å². The van der Waals surface area contributed by atoms with E-state index in [-0.39, 0.29) is 17.7 Å². The molecule has 2 amide bonds. The van der Waals surface area contributed by atoms with Gasteiger partial charge in [-0.15, -0.1) is 0 Å². The highest BCUT2D eigenvalue weighted by Crippen LogP contribution is 2.43. The molecule has 0 aromatic rings. The Kier molecular flexibility index (Phi) is 2.87. The van der Waals surface area contributed by atoms with E-state index >= 15 is 0 Å². The summed E-state index contributed by atoms with van der Waals surface area (Å²) in [7, 11) is 0. The molecule has 18 heavy (non-hydrogen) atoms. The fraction of sp³-hybridized carbons (Fsp3) is 0.692. The fourth-order valence-corrected chi connectivity index (χ4v) is 3.22. The molecule has 2 aliphatic heterocycles. The summed E-state index contributed by atoms with van der Waals surface area (Å²) in [6.45, 7) is 7.76. The monoisotopic (exact) mass is 252 g/mol. The van der Waals surface area contributed by atoms with Crippen LogP contribution in [0.1, 0.15) is 40.5 Å². The topological polar surface area (TPSA) is 69.6 Å². The summed E-state index contributed by atoms with van der Waals surface area (Å²) in [4.78, 5) is 22.9. The van der Waals surface area contributed by atoms with Gasteiger partial charge in [0.15, 0.2) is 0 Å². The van der Waals surface area contributed by atoms with Crippen LogP contribution in [0.5, 0.6) is 0 Å². The maximum Gasteiger partial charge on any atom is 0.254 e. The van der Waals surface area contributed by atoms with Crippen LogP contribution in [0.15, 0.2) is 11.6 Å². The molecule has 2 N–H and O–H groups in total. The number of nitrogens with one attached hydrogen (secondary N) is 1. The molecule has 0 bridgehead atoms. The van der Waals surface area contributed by atoms with E-state index in [0.29, 0.717) is 18.4 Å². The second kappa shape index (κ2) is 3.90. The van der Waals surface area contributed by atoms with Crippen molar-refractivity contribution in [3.05, 3.63) is 11.6 Å². The van der Waals surface area contributed by atoms with E-state index in [1.807, 2.05) is 27.7 Å². The van der Waals surface area contributed by atoms with Crippen LogP contribution in [0, 0.1) is 5.92 Å². The van der Waals surface area contributed by atoms with Gasteiger partial charge in [0.05, 0.1) is 0 Å². The average molecular weight is 252 g/mol. The summed E-state index contributed by atoms with van der Waals surface area (Å²) in [6, 6.07) is 0. The molecule has 5 heteroatoms. The Bertz CT molecular complexity index is 420. The Hall–Kier alpha value is -1.20. The largest absolute Gasteiger partial charge is 0.313 e. The lowest BCUT2D eigenvalue weighted by Gasteiger charge is -2.51. The normalized spacial score (nSPS) is 28.2. The van der Waals surface area contributed by atoms with E-state index in [0.717, 1.165) is 0 Å². The summed E-state index contributed by atoms with van der Waals surface area (Å²) in [5.41, 5.74) is -0.285. The van der Waals surface area contributed by atoms with Gasteiger partial charge in [0.25, 0.3) is 11.8 Å². The Morgan fingerprint density at radius 2 is 1.72 bits per heavy atom. The van der Waals surface area contributed by atoms with E-state index in [1.165, 1.54) is 11.1 Å². The van der Waals surface area contributed by atoms with Gasteiger partial charge < -0.3 is 5.21 Å². The zero-order valence-electron chi connectivity index (χ0n) is 11.3. The first-order chi connectivity index (χ1) is 8.13. The van der Waals surface area contributed by atoms with Crippen molar-refractivity contribution in [1.29, 1.82) is 0 Å². The first-order valence-corrected chi connectivity index (χ1v) is 6.20. The Labute approximate surface area is 107 Å². The van der Waals surface area contributed by atoms with Gasteiger partial charge in [-0.1, -0.05) is 0 Å². The average Bonchev–Trinajstić information content (AvgIpc) is 2.53. The zero-order chi connectivity index (χ0) is 13.7. The molecular formula is C13H20N2O3. The number of carbonyl (C=O) groups excluding carboxylic acids is 2. The van der Waals surface area contributed by atoms with Crippen LogP contribution < -0.4 is 5.32 Å². The van der Waals surface area contributed by atoms with Crippen LogP contribution in [0.25, 0.3) is 0 Å². The van der Waals surface area contributed by atoms with Crippen molar-refractivity contribution < 1.29 is 14.8 Å². The van der Waals surface area contributed by atoms with Crippen molar-refractivity contribution >= 4 is 11.8 Å². The van der Waals surface area contributed by atoms with Crippen LogP contribution in [0.4, 0.5) is 0 Å². The SMILES string of the molecule is CC1(C)CC(C2=CC(=O)NC2=O)CC(C)(C)N1O. The highest BCUT2D eigenvalue weighted by atomic mass is 16.5. The van der Waals surface area contributed by atoms with Crippen molar-refractivity contribution in [2.75, 3.05) is 0 Å². The fourth-order valence-electron chi connectivity index (χ4n) is 3.22. The number of piperidine rings is 1. The number of hydrogen-bond acceptors (Lipinski definition) is 4. The van der Waals surface area contributed by atoms with Gasteiger partial charge in [0, 0.05) is 22.7 Å². The van der Waals surface area contributed by atoms with E-state index in [4.69, 9.17) is 0 Å². The third kappa shape index (κ3) is 2.08. The minimum Gasteiger partial charge on any atom is -0.313 e. The molecule has 5 nitrogen and oxygen atoms in total. The Morgan fingerprint density at radius 3 is 2.11 bits per heavy atom. The molecule has 100 valence electrons. The highest BCUT2D eigenvalue weighted by molar-refractivity contribution is 6.16. The van der Waals surface area contributed by atoms with Crippen LogP contribution in [-0.2, 0) is 9.59 Å². The smallest absolute Gasteiger partial charge is 0.254 e. The molecule has 0 aromatic carbocycles. The van der Waals surface area contributed by atoms with Gasteiger partial charge in [0.2, 0.25) is 0 Å². The summed E-state index contributed by atoms with van der Waals surface area (Å²) in [5, 5.41) is 13.8. The van der Waals surface area contributed by atoms with Crippen LogP contribution >= 0.6 is 0 Å². The summed E-state index contributed by atoms with van der Waals surface area (Å²) in [6.07, 6.45) is 2.70. The van der Waals surface area contributed by atoms with Gasteiger partial charge >= 0.3 is 0 Å². The van der Waals surface area contributed by atoms with Crippen molar-refractivity contribution in [2.24, 2.45) is 5.92 Å². The maximum atomic E-state index is 11.7. The third-order valence-electron chi connectivity index (χ3n) is 3.86. The number of hydroxylamine groups is 2. The van der Waals surface area contributed by atoms with Gasteiger partial charge in [0.1, 0.15) is 0 Å². The molecule has 0 spiro atoms. The summed E-state index contributed by atoms with van der Waals surface area (Å²) >= 11 is 0. The number of carbonyl (C=O) groups is 2. The highest BCUT2D eigenvalue weighted by Gasteiger charge is 2.47. The quantitative estimate of drug-likeness (QED) is 0.689. The maximum absolute atomic E-state index is 11.7. The number of nitrogens with zero attached hydrogens (tertiary/aromatic N) is 1. The molecule has 0 atom stereocenters. The first kappa shape index (κ1) is 13.2. The summed E-state index contributed by atoms with van der Waals surface area (Å²) < 4.78 is 0. The minimum absolute atomic E-state index is 0.00449. The zero-order valence-corrected chi connectivity index (χ0v) is 11.3. The number of rotatable bonds is 1. The summed E-state index contributed by atoms with van der Waals surface area (Å²) in [5.74, 6) is -0.620. The van der Waals surface area contributed by atoms with Gasteiger partial charge in [-0.05, 0) is 46.5 Å². The van der Waals surface area contributed by atoms with Crippen molar-refractivity contribution in [2.45, 2.75) is 51.6 Å². The molecule has 0 saturated carbocycles. The van der Waals surface area contributed by atoms with Crippen LogP contribution in [-0.4, -0.2) is 33.2 Å². The molecule has 0 aromatic heterocycles. The standard InChI is InChI=1S/C13H20N2O3/c1-12(2)6-8(7-13(3,4)15(12)18)9-5-10(16)14-11(9)17/h5,8,18H,6-7H2,1-4H3,(H,14,16,17). The van der Waals surface area contributed by atoms with E-state index in [2.05, 4.69) is 5.32 Å². The van der Waals surface area contributed by atoms with Crippen molar-refractivity contribution in [3.63, 3.8) is 0 Å². The number of hydrogen-bond donors (Lipinski definition) is 2. The Balaban J connectivity index is 2.29. The second-order valence-corrected chi connectivity index (χ2v) is 6.46. The second-order valence-electron chi connectivity index (χ2n) is 6.46. The van der Waals surface area contributed by atoms with Crippen LogP contribution in [0.2, 0.25) is 0 Å². The molecule has 1 fully saturated rings. The van der Waals surface area contributed by atoms with Gasteiger partial charge in [-0.2, -0.15) is 5.06 Å². The van der Waals surface area contributed by atoms with Crippen molar-refractivity contribution in [1.82, 2.24) is 10.4 Å². The molecule has 1 saturated heterocycles. The molecule has 2 aliphatic rings. The predicted molar refractivity (Wildman–Crippen MR) is 65.7 cm³/mol. The van der Waals surface area contributed by atoms with E-state index in [9.17, 15) is 14.8 Å².